The van der Waals surface area contributed by atoms with E-state index in [1.54, 1.807) is 26.0 Å². The number of aromatic nitrogens is 2. The molecular weight excluding hydrogens is 358 g/mol. The van der Waals surface area contributed by atoms with Gasteiger partial charge in [0.2, 0.25) is 15.9 Å². The minimum absolute atomic E-state index is 0.119. The molecule has 1 fully saturated rings. The van der Waals surface area contributed by atoms with Crippen molar-refractivity contribution in [1.82, 2.24) is 14.4 Å². The highest BCUT2D eigenvalue weighted by molar-refractivity contribution is 7.89. The molecule has 1 aliphatic heterocycles. The molecule has 0 unspecified atom stereocenters. The second kappa shape index (κ2) is 7.04. The van der Waals surface area contributed by atoms with E-state index >= 15 is 0 Å². The zero-order valence-electron chi connectivity index (χ0n) is 14.6. The molecule has 1 aliphatic rings. The van der Waals surface area contributed by atoms with E-state index in [9.17, 15) is 13.2 Å². The normalized spacial score (nSPS) is 16.5. The van der Waals surface area contributed by atoms with Crippen molar-refractivity contribution in [2.75, 3.05) is 24.1 Å². The second-order valence-electron chi connectivity index (χ2n) is 6.29. The summed E-state index contributed by atoms with van der Waals surface area (Å²) in [5.74, 6) is 0.244. The zero-order chi connectivity index (χ0) is 18.9. The Labute approximate surface area is 151 Å². The van der Waals surface area contributed by atoms with Crippen LogP contribution in [-0.4, -0.2) is 41.9 Å². The van der Waals surface area contributed by atoms with E-state index in [4.69, 9.17) is 10.3 Å². The molecule has 10 heteroatoms. The second-order valence-corrected chi connectivity index (χ2v) is 8.17. The van der Waals surface area contributed by atoms with Gasteiger partial charge >= 0.3 is 0 Å². The molecule has 3 rings (SSSR count). The highest BCUT2D eigenvalue weighted by Gasteiger charge is 2.35. The smallest absolute Gasteiger partial charge is 0.248 e. The largest absolute Gasteiger partial charge is 0.384 e. The van der Waals surface area contributed by atoms with E-state index < -0.39 is 10.0 Å². The van der Waals surface area contributed by atoms with Gasteiger partial charge in [0.15, 0.2) is 5.76 Å². The van der Waals surface area contributed by atoms with E-state index in [0.29, 0.717) is 30.0 Å². The molecule has 140 valence electrons. The predicted molar refractivity (Wildman–Crippen MR) is 94.7 cm³/mol. The number of carbonyl (C=O) groups is 1. The number of aryl methyl sites for hydroxylation is 2. The first-order valence-electron chi connectivity index (χ1n) is 8.24. The first-order valence-corrected chi connectivity index (χ1v) is 9.68. The molecule has 0 atom stereocenters. The summed E-state index contributed by atoms with van der Waals surface area (Å²) in [7, 11) is -3.67. The monoisotopic (exact) mass is 379 g/mol. The molecular formula is C16H21N5O4S. The van der Waals surface area contributed by atoms with Crippen molar-refractivity contribution in [3.05, 3.63) is 29.8 Å². The van der Waals surface area contributed by atoms with Gasteiger partial charge in [-0.3, -0.25) is 4.79 Å². The predicted octanol–water partition coefficient (Wildman–Crippen LogP) is 1.31. The fourth-order valence-electron chi connectivity index (χ4n) is 3.05. The molecule has 2 aromatic heterocycles. The van der Waals surface area contributed by atoms with E-state index in [1.165, 1.54) is 10.5 Å². The summed E-state index contributed by atoms with van der Waals surface area (Å²) in [5, 5.41) is 6.50. The number of amides is 1. The summed E-state index contributed by atoms with van der Waals surface area (Å²) in [4.78, 5) is 16.4. The Kier molecular flexibility index (Phi) is 4.97. The van der Waals surface area contributed by atoms with Gasteiger partial charge in [0.05, 0.1) is 11.9 Å². The van der Waals surface area contributed by atoms with Gasteiger partial charge in [-0.15, -0.1) is 0 Å². The van der Waals surface area contributed by atoms with Crippen LogP contribution in [0.1, 0.15) is 24.3 Å². The quantitative estimate of drug-likeness (QED) is 0.818. The molecule has 1 saturated heterocycles. The van der Waals surface area contributed by atoms with Crippen LogP contribution in [0.3, 0.4) is 0 Å². The summed E-state index contributed by atoms with van der Waals surface area (Å²) in [6, 6.07) is 3.28. The maximum atomic E-state index is 12.8. The lowest BCUT2D eigenvalue weighted by Crippen LogP contribution is -2.41. The van der Waals surface area contributed by atoms with Crippen LogP contribution in [0.25, 0.3) is 0 Å². The molecule has 2 aromatic rings. The van der Waals surface area contributed by atoms with Crippen LogP contribution < -0.4 is 11.1 Å². The topological polar surface area (TPSA) is 131 Å². The first kappa shape index (κ1) is 18.3. The van der Waals surface area contributed by atoms with Crippen molar-refractivity contribution in [2.45, 2.75) is 31.6 Å². The zero-order valence-corrected chi connectivity index (χ0v) is 15.4. The van der Waals surface area contributed by atoms with Gasteiger partial charge in [0.1, 0.15) is 16.4 Å². The summed E-state index contributed by atoms with van der Waals surface area (Å²) < 4.78 is 31.9. The summed E-state index contributed by atoms with van der Waals surface area (Å²) in [6.45, 7) is 3.72. The molecule has 9 nitrogen and oxygen atoms in total. The molecule has 0 aromatic carbocycles. The number of nitrogens with zero attached hydrogens (tertiary/aromatic N) is 3. The number of pyridine rings is 1. The number of hydrogen-bond donors (Lipinski definition) is 2. The van der Waals surface area contributed by atoms with Gasteiger partial charge in [-0.25, -0.2) is 13.4 Å². The van der Waals surface area contributed by atoms with Crippen LogP contribution in [-0.2, 0) is 14.8 Å². The van der Waals surface area contributed by atoms with Crippen molar-refractivity contribution < 1.29 is 17.7 Å². The van der Waals surface area contributed by atoms with Crippen molar-refractivity contribution in [3.8, 4) is 0 Å². The summed E-state index contributed by atoms with van der Waals surface area (Å²) in [5.41, 5.74) is 6.43. The third-order valence-electron chi connectivity index (χ3n) is 4.44. The van der Waals surface area contributed by atoms with E-state index in [0.717, 1.165) is 0 Å². The van der Waals surface area contributed by atoms with Crippen LogP contribution in [0.2, 0.25) is 0 Å². The lowest BCUT2D eigenvalue weighted by molar-refractivity contribution is -0.120. The molecule has 0 saturated carbocycles. The SMILES string of the molecule is Cc1noc(C)c1S(=O)(=O)N1CCC(C(=O)Nc2ccc(N)nc2)CC1. The lowest BCUT2D eigenvalue weighted by atomic mass is 9.97. The highest BCUT2D eigenvalue weighted by Crippen LogP contribution is 2.28. The van der Waals surface area contributed by atoms with Gasteiger partial charge in [-0.2, -0.15) is 4.31 Å². The molecule has 3 N–H and O–H groups in total. The maximum Gasteiger partial charge on any atom is 0.248 e. The Morgan fingerprint density at radius 1 is 1.31 bits per heavy atom. The third kappa shape index (κ3) is 3.56. The Morgan fingerprint density at radius 3 is 2.54 bits per heavy atom. The number of nitrogen functional groups attached to an aromatic ring is 1. The van der Waals surface area contributed by atoms with Gasteiger partial charge in [0.25, 0.3) is 0 Å². The van der Waals surface area contributed by atoms with Crippen LogP contribution in [0.4, 0.5) is 11.5 Å². The Balaban J connectivity index is 1.63. The number of anilines is 2. The number of carbonyl (C=O) groups excluding carboxylic acids is 1. The van der Waals surface area contributed by atoms with E-state index in [2.05, 4.69) is 15.5 Å². The molecule has 0 bridgehead atoms. The number of nitrogens with two attached hydrogens (primary N) is 1. The molecule has 0 spiro atoms. The van der Waals surface area contributed by atoms with Crippen LogP contribution >= 0.6 is 0 Å². The molecule has 3 heterocycles. The molecule has 1 amide bonds. The standard InChI is InChI=1S/C16H21N5O4S/c1-10-15(11(2)25-20-10)26(23,24)21-7-5-12(6-8-21)16(22)19-13-3-4-14(17)18-9-13/h3-4,9,12H,5-8H2,1-2H3,(H2,17,18)(H,19,22). The fraction of sp³-hybridized carbons (Fsp3) is 0.438. The number of hydrogen-bond acceptors (Lipinski definition) is 7. The maximum absolute atomic E-state index is 12.8. The Morgan fingerprint density at radius 2 is 2.00 bits per heavy atom. The number of rotatable bonds is 4. The average Bonchev–Trinajstić information content (AvgIpc) is 2.96. The van der Waals surface area contributed by atoms with Crippen molar-refractivity contribution >= 4 is 27.4 Å². The van der Waals surface area contributed by atoms with Crippen molar-refractivity contribution in [3.63, 3.8) is 0 Å². The van der Waals surface area contributed by atoms with E-state index in [1.807, 2.05) is 0 Å². The lowest BCUT2D eigenvalue weighted by Gasteiger charge is -2.30. The minimum atomic E-state index is -3.67. The van der Waals surface area contributed by atoms with Crippen LogP contribution in [0.5, 0.6) is 0 Å². The number of nitrogens with one attached hydrogen (secondary N) is 1. The highest BCUT2D eigenvalue weighted by atomic mass is 32.2. The van der Waals surface area contributed by atoms with Gasteiger partial charge in [-0.1, -0.05) is 5.16 Å². The Bertz CT molecular complexity index is 880. The van der Waals surface area contributed by atoms with Crippen LogP contribution in [0.15, 0.2) is 27.7 Å². The summed E-state index contributed by atoms with van der Waals surface area (Å²) in [6.07, 6.45) is 2.37. The molecule has 0 radical (unpaired) electrons. The van der Waals surface area contributed by atoms with E-state index in [-0.39, 0.29) is 35.6 Å². The Hall–Kier alpha value is -2.46. The third-order valence-corrected chi connectivity index (χ3v) is 6.59. The first-order chi connectivity index (χ1) is 12.3. The minimum Gasteiger partial charge on any atom is -0.384 e. The number of sulfonamides is 1. The fourth-order valence-corrected chi connectivity index (χ4v) is 4.81. The molecule has 26 heavy (non-hydrogen) atoms. The van der Waals surface area contributed by atoms with Crippen molar-refractivity contribution in [1.29, 1.82) is 0 Å². The number of piperidine rings is 1. The van der Waals surface area contributed by atoms with Gasteiger partial charge in [0, 0.05) is 19.0 Å². The van der Waals surface area contributed by atoms with Gasteiger partial charge in [-0.05, 0) is 38.8 Å². The van der Waals surface area contributed by atoms with Crippen molar-refractivity contribution in [2.24, 2.45) is 5.92 Å². The summed E-state index contributed by atoms with van der Waals surface area (Å²) >= 11 is 0. The average molecular weight is 379 g/mol. The van der Waals surface area contributed by atoms with Crippen LogP contribution in [0, 0.1) is 19.8 Å². The molecule has 0 aliphatic carbocycles. The van der Waals surface area contributed by atoms with Gasteiger partial charge < -0.3 is 15.6 Å².